The standard InChI is InChI=1S/C7H16OSi/c1-4-6(8-3)7(9)5-2/h4-5H2,1-3,9H3. The van der Waals surface area contributed by atoms with Crippen LogP contribution in [-0.2, 0) is 4.74 Å². The van der Waals surface area contributed by atoms with Gasteiger partial charge >= 0.3 is 0 Å². The lowest BCUT2D eigenvalue weighted by atomic mass is 10.3. The number of hydrogen-bond acceptors (Lipinski definition) is 1. The largest absolute Gasteiger partial charge is 0.502 e. The van der Waals surface area contributed by atoms with Crippen molar-refractivity contribution in [3.63, 3.8) is 0 Å². The van der Waals surface area contributed by atoms with Gasteiger partial charge in [-0.25, -0.2) is 0 Å². The first-order chi connectivity index (χ1) is 4.26. The van der Waals surface area contributed by atoms with Crippen LogP contribution in [0.5, 0.6) is 0 Å². The van der Waals surface area contributed by atoms with E-state index < -0.39 is 0 Å². The summed E-state index contributed by atoms with van der Waals surface area (Å²) in [6.07, 6.45) is 2.20. The van der Waals surface area contributed by atoms with Gasteiger partial charge in [-0.2, -0.15) is 0 Å². The van der Waals surface area contributed by atoms with E-state index in [9.17, 15) is 0 Å². The highest BCUT2D eigenvalue weighted by Crippen LogP contribution is 2.08. The highest BCUT2D eigenvalue weighted by Gasteiger charge is 1.94. The predicted molar refractivity (Wildman–Crippen MR) is 44.6 cm³/mol. The van der Waals surface area contributed by atoms with E-state index >= 15 is 0 Å². The van der Waals surface area contributed by atoms with Crippen LogP contribution in [0.4, 0.5) is 0 Å². The molecule has 9 heavy (non-hydrogen) atoms. The Morgan fingerprint density at radius 1 is 1.33 bits per heavy atom. The van der Waals surface area contributed by atoms with E-state index in [4.69, 9.17) is 4.74 Å². The van der Waals surface area contributed by atoms with E-state index in [0.29, 0.717) is 0 Å². The number of rotatable bonds is 3. The fraction of sp³-hybridized carbons (Fsp3) is 0.714. The molecule has 0 amide bonds. The predicted octanol–water partition coefficient (Wildman–Crippen LogP) is 1.03. The Morgan fingerprint density at radius 3 is 2.00 bits per heavy atom. The second kappa shape index (κ2) is 4.62. The minimum Gasteiger partial charge on any atom is -0.502 e. The van der Waals surface area contributed by atoms with E-state index in [2.05, 4.69) is 13.8 Å². The normalized spacial score (nSPS) is 13.2. The molecule has 0 aliphatic heterocycles. The zero-order valence-electron chi connectivity index (χ0n) is 6.82. The molecule has 0 aliphatic rings. The number of allylic oxidation sites excluding steroid dienone is 2. The van der Waals surface area contributed by atoms with Crippen molar-refractivity contribution in [2.75, 3.05) is 7.11 Å². The number of hydrogen-bond donors (Lipinski definition) is 0. The molecule has 0 bridgehead atoms. The van der Waals surface area contributed by atoms with Crippen LogP contribution in [0.25, 0.3) is 0 Å². The third-order valence-electron chi connectivity index (χ3n) is 1.57. The van der Waals surface area contributed by atoms with Crippen LogP contribution in [0.15, 0.2) is 11.0 Å². The first-order valence-electron chi connectivity index (χ1n) is 3.48. The molecule has 0 aliphatic carbocycles. The summed E-state index contributed by atoms with van der Waals surface area (Å²) in [4.78, 5) is 0. The summed E-state index contributed by atoms with van der Waals surface area (Å²) < 4.78 is 5.17. The van der Waals surface area contributed by atoms with Crippen LogP contribution in [0.1, 0.15) is 26.7 Å². The molecule has 54 valence electrons. The van der Waals surface area contributed by atoms with Crippen molar-refractivity contribution in [2.24, 2.45) is 0 Å². The molecule has 0 atom stereocenters. The summed E-state index contributed by atoms with van der Waals surface area (Å²) in [5.74, 6) is 1.20. The minimum absolute atomic E-state index is 1.04. The second-order valence-corrected chi connectivity index (χ2v) is 3.32. The molecule has 0 aromatic rings. The van der Waals surface area contributed by atoms with Crippen LogP contribution < -0.4 is 0 Å². The van der Waals surface area contributed by atoms with Gasteiger partial charge in [0.1, 0.15) is 0 Å². The molecular weight excluding hydrogens is 128 g/mol. The van der Waals surface area contributed by atoms with Crippen molar-refractivity contribution in [3.8, 4) is 0 Å². The van der Waals surface area contributed by atoms with Gasteiger partial charge < -0.3 is 4.74 Å². The van der Waals surface area contributed by atoms with Crippen LogP contribution in [0, 0.1) is 0 Å². The molecule has 0 saturated heterocycles. The van der Waals surface area contributed by atoms with Crippen molar-refractivity contribution < 1.29 is 4.74 Å². The number of methoxy groups -OCH3 is 1. The first-order valence-corrected chi connectivity index (χ1v) is 4.48. The summed E-state index contributed by atoms with van der Waals surface area (Å²) in [6.45, 7) is 4.31. The maximum Gasteiger partial charge on any atom is 0.0896 e. The molecule has 0 unspecified atom stereocenters. The highest BCUT2D eigenvalue weighted by atomic mass is 28.1. The summed E-state index contributed by atoms with van der Waals surface area (Å²) in [6, 6.07) is 0. The van der Waals surface area contributed by atoms with E-state index in [1.54, 1.807) is 7.11 Å². The van der Waals surface area contributed by atoms with Gasteiger partial charge in [0.2, 0.25) is 0 Å². The molecule has 0 N–H and O–H groups in total. The highest BCUT2D eigenvalue weighted by molar-refractivity contribution is 6.21. The fourth-order valence-electron chi connectivity index (χ4n) is 0.818. The molecule has 0 aromatic heterocycles. The Hall–Kier alpha value is -0.243. The molecule has 0 heterocycles. The second-order valence-electron chi connectivity index (χ2n) is 2.11. The van der Waals surface area contributed by atoms with Crippen molar-refractivity contribution in [3.05, 3.63) is 11.0 Å². The van der Waals surface area contributed by atoms with Crippen molar-refractivity contribution in [1.82, 2.24) is 0 Å². The zero-order chi connectivity index (χ0) is 7.28. The average Bonchev–Trinajstić information content (AvgIpc) is 1.90. The quantitative estimate of drug-likeness (QED) is 0.424. The van der Waals surface area contributed by atoms with E-state index in [1.807, 2.05) is 0 Å². The molecule has 0 fully saturated rings. The Labute approximate surface area is 60.5 Å². The average molecular weight is 144 g/mol. The molecule has 0 rings (SSSR count). The molecular formula is C7H16OSi. The zero-order valence-corrected chi connectivity index (χ0v) is 8.82. The summed E-state index contributed by atoms with van der Waals surface area (Å²) in [5.41, 5.74) is 0. The lowest BCUT2D eigenvalue weighted by Gasteiger charge is -2.05. The van der Waals surface area contributed by atoms with Gasteiger partial charge in [-0.3, -0.25) is 0 Å². The molecule has 0 radical (unpaired) electrons. The van der Waals surface area contributed by atoms with E-state index in [-0.39, 0.29) is 0 Å². The monoisotopic (exact) mass is 144 g/mol. The third kappa shape index (κ3) is 2.70. The Bertz CT molecular complexity index is 101. The van der Waals surface area contributed by atoms with E-state index in [0.717, 1.165) is 23.1 Å². The van der Waals surface area contributed by atoms with Gasteiger partial charge in [-0.05, 0) is 6.42 Å². The molecule has 0 spiro atoms. The van der Waals surface area contributed by atoms with Crippen molar-refractivity contribution in [2.45, 2.75) is 26.7 Å². The van der Waals surface area contributed by atoms with Crippen LogP contribution in [0.2, 0.25) is 0 Å². The maximum absolute atomic E-state index is 5.17. The maximum atomic E-state index is 5.17. The molecule has 0 aromatic carbocycles. The van der Waals surface area contributed by atoms with Gasteiger partial charge in [0.05, 0.1) is 12.9 Å². The van der Waals surface area contributed by atoms with Crippen LogP contribution in [-0.4, -0.2) is 17.4 Å². The van der Waals surface area contributed by atoms with Crippen molar-refractivity contribution in [1.29, 1.82) is 0 Å². The third-order valence-corrected chi connectivity index (χ3v) is 2.84. The Morgan fingerprint density at radius 2 is 1.89 bits per heavy atom. The van der Waals surface area contributed by atoms with Gasteiger partial charge in [-0.15, -0.1) is 0 Å². The molecule has 0 saturated carbocycles. The topological polar surface area (TPSA) is 9.23 Å². The van der Waals surface area contributed by atoms with Gasteiger partial charge in [-0.1, -0.05) is 19.0 Å². The fourth-order valence-corrected chi connectivity index (χ4v) is 1.38. The Kier molecular flexibility index (Phi) is 4.49. The number of ether oxygens (including phenoxy) is 1. The van der Waals surface area contributed by atoms with Gasteiger partial charge in [0.15, 0.2) is 0 Å². The minimum atomic E-state index is 1.04. The van der Waals surface area contributed by atoms with Gasteiger partial charge in [0, 0.05) is 16.7 Å². The molecule has 2 heteroatoms. The Balaban J connectivity index is 4.01. The van der Waals surface area contributed by atoms with Crippen molar-refractivity contribution >= 4 is 10.2 Å². The summed E-state index contributed by atoms with van der Waals surface area (Å²) >= 11 is 0. The lowest BCUT2D eigenvalue weighted by molar-refractivity contribution is 0.277. The molecule has 1 nitrogen and oxygen atoms in total. The SMILES string of the molecule is CCC([SiH3])=C(CC)OC. The first kappa shape index (κ1) is 8.76. The lowest BCUT2D eigenvalue weighted by Crippen LogP contribution is -1.91. The van der Waals surface area contributed by atoms with E-state index in [1.165, 1.54) is 11.0 Å². The summed E-state index contributed by atoms with van der Waals surface area (Å²) in [5, 5.41) is 1.50. The van der Waals surface area contributed by atoms with Crippen LogP contribution >= 0.6 is 0 Å². The summed E-state index contributed by atoms with van der Waals surface area (Å²) in [7, 11) is 2.90. The van der Waals surface area contributed by atoms with Gasteiger partial charge in [0.25, 0.3) is 0 Å². The van der Waals surface area contributed by atoms with Crippen LogP contribution in [0.3, 0.4) is 0 Å². The smallest absolute Gasteiger partial charge is 0.0896 e.